The van der Waals surface area contributed by atoms with E-state index in [1.807, 2.05) is 11.0 Å². The van der Waals surface area contributed by atoms with E-state index in [1.165, 1.54) is 0 Å². The summed E-state index contributed by atoms with van der Waals surface area (Å²) in [5.41, 5.74) is 1.07. The lowest BCUT2D eigenvalue weighted by Crippen LogP contribution is -2.36. The molecular formula is C16H20N2O2. The van der Waals surface area contributed by atoms with E-state index in [-0.39, 0.29) is 12.5 Å². The summed E-state index contributed by atoms with van der Waals surface area (Å²) in [6.45, 7) is 2.94. The second-order valence-corrected chi connectivity index (χ2v) is 4.88. The van der Waals surface area contributed by atoms with Crippen molar-refractivity contribution >= 4 is 5.91 Å². The van der Waals surface area contributed by atoms with Crippen LogP contribution in [0.2, 0.25) is 0 Å². The van der Waals surface area contributed by atoms with Crippen LogP contribution in [0.15, 0.2) is 18.3 Å². The molecule has 1 fully saturated rings. The first kappa shape index (κ1) is 14.5. The van der Waals surface area contributed by atoms with Gasteiger partial charge < -0.3 is 10.0 Å². The zero-order chi connectivity index (χ0) is 14.4. The van der Waals surface area contributed by atoms with E-state index in [4.69, 9.17) is 5.11 Å². The van der Waals surface area contributed by atoms with Crippen LogP contribution in [-0.4, -0.2) is 40.1 Å². The van der Waals surface area contributed by atoms with Crippen LogP contribution in [0.5, 0.6) is 0 Å². The highest BCUT2D eigenvalue weighted by Gasteiger charge is 2.29. The molecule has 4 heteroatoms. The van der Waals surface area contributed by atoms with E-state index in [1.54, 1.807) is 12.3 Å². The molecule has 1 saturated heterocycles. The summed E-state index contributed by atoms with van der Waals surface area (Å²) in [4.78, 5) is 18.7. The Balaban J connectivity index is 2.24. The van der Waals surface area contributed by atoms with Gasteiger partial charge in [-0.25, -0.2) is 4.98 Å². The quantitative estimate of drug-likeness (QED) is 0.854. The molecule has 0 spiro atoms. The van der Waals surface area contributed by atoms with Crippen LogP contribution in [0, 0.1) is 11.8 Å². The Hall–Kier alpha value is -1.86. The van der Waals surface area contributed by atoms with Crippen molar-refractivity contribution in [3.8, 4) is 11.8 Å². The standard InChI is InChI=1S/C16H20N2O2/c1-2-14-9-6-11-18(14)16(20)15-13(7-3-4-12-19)8-5-10-17-15/h5,8,10,14,19H,2,4,6,9,11-12H2,1H3. The zero-order valence-corrected chi connectivity index (χ0v) is 11.8. The Kier molecular flexibility index (Phi) is 5.14. The molecule has 1 aliphatic heterocycles. The molecule has 0 radical (unpaired) electrons. The van der Waals surface area contributed by atoms with Gasteiger partial charge in [-0.3, -0.25) is 4.79 Å². The Labute approximate surface area is 119 Å². The highest BCUT2D eigenvalue weighted by molar-refractivity contribution is 5.95. The number of amides is 1. The van der Waals surface area contributed by atoms with Crippen LogP contribution >= 0.6 is 0 Å². The third kappa shape index (κ3) is 3.17. The third-order valence-corrected chi connectivity index (χ3v) is 3.58. The van der Waals surface area contributed by atoms with Crippen LogP contribution in [0.1, 0.15) is 48.7 Å². The maximum Gasteiger partial charge on any atom is 0.273 e. The van der Waals surface area contributed by atoms with Crippen molar-refractivity contribution in [1.29, 1.82) is 0 Å². The van der Waals surface area contributed by atoms with Gasteiger partial charge in [-0.1, -0.05) is 18.8 Å². The Morgan fingerprint density at radius 1 is 1.60 bits per heavy atom. The summed E-state index contributed by atoms with van der Waals surface area (Å²) in [5, 5.41) is 8.77. The van der Waals surface area contributed by atoms with Gasteiger partial charge in [0.1, 0.15) is 5.69 Å². The molecule has 1 N–H and O–H groups in total. The van der Waals surface area contributed by atoms with Crippen molar-refractivity contribution < 1.29 is 9.90 Å². The number of nitrogens with zero attached hydrogens (tertiary/aromatic N) is 2. The van der Waals surface area contributed by atoms with E-state index in [0.717, 1.165) is 25.8 Å². The van der Waals surface area contributed by atoms with Crippen LogP contribution < -0.4 is 0 Å². The van der Waals surface area contributed by atoms with Crippen LogP contribution in [-0.2, 0) is 0 Å². The minimum absolute atomic E-state index is 0.0248. The van der Waals surface area contributed by atoms with Crippen LogP contribution in [0.4, 0.5) is 0 Å². The minimum atomic E-state index is -0.0248. The molecule has 1 amide bonds. The topological polar surface area (TPSA) is 53.4 Å². The first-order valence-corrected chi connectivity index (χ1v) is 7.13. The molecule has 1 aromatic rings. The number of carbonyl (C=O) groups is 1. The number of aromatic nitrogens is 1. The van der Waals surface area contributed by atoms with Crippen molar-refractivity contribution in [2.75, 3.05) is 13.2 Å². The lowest BCUT2D eigenvalue weighted by molar-refractivity contribution is 0.0727. The molecule has 0 saturated carbocycles. The highest BCUT2D eigenvalue weighted by atomic mass is 16.2. The van der Waals surface area contributed by atoms with Gasteiger partial charge in [0.25, 0.3) is 5.91 Å². The van der Waals surface area contributed by atoms with Gasteiger partial charge in [0, 0.05) is 25.2 Å². The highest BCUT2D eigenvalue weighted by Crippen LogP contribution is 2.22. The van der Waals surface area contributed by atoms with Crippen molar-refractivity contribution in [2.24, 2.45) is 0 Å². The summed E-state index contributed by atoms with van der Waals surface area (Å²) in [5.74, 6) is 5.76. The second kappa shape index (κ2) is 7.06. The maximum absolute atomic E-state index is 12.6. The number of hydrogen-bond donors (Lipinski definition) is 1. The lowest BCUT2D eigenvalue weighted by atomic mass is 10.1. The monoisotopic (exact) mass is 272 g/mol. The molecule has 0 aromatic carbocycles. The zero-order valence-electron chi connectivity index (χ0n) is 11.8. The normalized spacial score (nSPS) is 17.7. The summed E-state index contributed by atoms with van der Waals surface area (Å²) in [6.07, 6.45) is 5.14. The number of hydrogen-bond acceptors (Lipinski definition) is 3. The predicted octanol–water partition coefficient (Wildman–Crippen LogP) is 1.83. The number of pyridine rings is 1. The van der Waals surface area contributed by atoms with Crippen molar-refractivity contribution in [3.05, 3.63) is 29.6 Å². The average molecular weight is 272 g/mol. The Morgan fingerprint density at radius 2 is 2.45 bits per heavy atom. The molecule has 0 aliphatic carbocycles. The number of carbonyl (C=O) groups excluding carboxylic acids is 1. The van der Waals surface area contributed by atoms with Gasteiger partial charge in [0.05, 0.1) is 12.2 Å². The predicted molar refractivity (Wildman–Crippen MR) is 77.2 cm³/mol. The first-order chi connectivity index (χ1) is 9.77. The lowest BCUT2D eigenvalue weighted by Gasteiger charge is -2.23. The largest absolute Gasteiger partial charge is 0.395 e. The summed E-state index contributed by atoms with van der Waals surface area (Å²) in [7, 11) is 0. The molecule has 1 aromatic heterocycles. The Bertz CT molecular complexity index is 531. The van der Waals surface area contributed by atoms with E-state index in [0.29, 0.717) is 23.7 Å². The fraction of sp³-hybridized carbons (Fsp3) is 0.500. The van der Waals surface area contributed by atoms with E-state index >= 15 is 0 Å². The fourth-order valence-electron chi connectivity index (χ4n) is 2.55. The Morgan fingerprint density at radius 3 is 3.20 bits per heavy atom. The molecule has 20 heavy (non-hydrogen) atoms. The van der Waals surface area contributed by atoms with Crippen molar-refractivity contribution in [2.45, 2.75) is 38.6 Å². The molecule has 2 rings (SSSR count). The van der Waals surface area contributed by atoms with Gasteiger partial charge in [-0.2, -0.15) is 0 Å². The molecule has 1 unspecified atom stereocenters. The van der Waals surface area contributed by atoms with Crippen LogP contribution in [0.3, 0.4) is 0 Å². The SMILES string of the molecule is CCC1CCCN1C(=O)c1ncccc1C#CCCO. The van der Waals surface area contributed by atoms with E-state index in [2.05, 4.69) is 23.7 Å². The molecule has 106 valence electrons. The van der Waals surface area contributed by atoms with Crippen molar-refractivity contribution in [3.63, 3.8) is 0 Å². The van der Waals surface area contributed by atoms with Gasteiger partial charge in [-0.05, 0) is 31.4 Å². The van der Waals surface area contributed by atoms with Gasteiger partial charge in [-0.15, -0.1) is 0 Å². The first-order valence-electron chi connectivity index (χ1n) is 7.13. The minimum Gasteiger partial charge on any atom is -0.395 e. The molecule has 1 aliphatic rings. The number of aliphatic hydroxyl groups excluding tert-OH is 1. The fourth-order valence-corrected chi connectivity index (χ4v) is 2.55. The number of rotatable bonds is 3. The second-order valence-electron chi connectivity index (χ2n) is 4.88. The summed E-state index contributed by atoms with van der Waals surface area (Å²) < 4.78 is 0. The summed E-state index contributed by atoms with van der Waals surface area (Å²) >= 11 is 0. The van der Waals surface area contributed by atoms with Gasteiger partial charge in [0.15, 0.2) is 0 Å². The number of likely N-dealkylation sites (tertiary alicyclic amines) is 1. The third-order valence-electron chi connectivity index (χ3n) is 3.58. The maximum atomic E-state index is 12.6. The van der Waals surface area contributed by atoms with Gasteiger partial charge >= 0.3 is 0 Å². The number of aliphatic hydroxyl groups is 1. The molecular weight excluding hydrogens is 252 g/mol. The average Bonchev–Trinajstić information content (AvgIpc) is 2.96. The van der Waals surface area contributed by atoms with Crippen LogP contribution in [0.25, 0.3) is 0 Å². The molecule has 2 heterocycles. The van der Waals surface area contributed by atoms with E-state index in [9.17, 15) is 4.79 Å². The summed E-state index contributed by atoms with van der Waals surface area (Å²) in [6, 6.07) is 3.91. The van der Waals surface area contributed by atoms with E-state index < -0.39 is 0 Å². The van der Waals surface area contributed by atoms with Gasteiger partial charge in [0.2, 0.25) is 0 Å². The molecule has 0 bridgehead atoms. The molecule has 1 atom stereocenters. The smallest absolute Gasteiger partial charge is 0.273 e. The molecule has 4 nitrogen and oxygen atoms in total. The van der Waals surface area contributed by atoms with Crippen molar-refractivity contribution in [1.82, 2.24) is 9.88 Å².